The van der Waals surface area contributed by atoms with Crippen molar-refractivity contribution in [3.8, 4) is 0 Å². The SMILES string of the molecule is CC(C)NCCCP(=O)(O)O. The quantitative estimate of drug-likeness (QED) is 0.428. The summed E-state index contributed by atoms with van der Waals surface area (Å²) in [4.78, 5) is 16.9. The number of hydrogen-bond acceptors (Lipinski definition) is 2. The predicted octanol–water partition coefficient (Wildman–Crippen LogP) is 0.552. The first-order valence-electron chi connectivity index (χ1n) is 3.70. The Morgan fingerprint density at radius 3 is 2.36 bits per heavy atom. The highest BCUT2D eigenvalue weighted by atomic mass is 31.2. The van der Waals surface area contributed by atoms with Crippen LogP contribution >= 0.6 is 7.60 Å². The molecule has 0 amide bonds. The highest BCUT2D eigenvalue weighted by molar-refractivity contribution is 7.51. The zero-order valence-corrected chi connectivity index (χ0v) is 7.84. The van der Waals surface area contributed by atoms with Gasteiger partial charge < -0.3 is 15.1 Å². The summed E-state index contributed by atoms with van der Waals surface area (Å²) in [5.74, 6) is 0. The summed E-state index contributed by atoms with van der Waals surface area (Å²) in [6, 6.07) is 0.381. The van der Waals surface area contributed by atoms with E-state index in [0.717, 1.165) is 0 Å². The fraction of sp³-hybridized carbons (Fsp3) is 1.00. The Balaban J connectivity index is 3.22. The predicted molar refractivity (Wildman–Crippen MR) is 44.7 cm³/mol. The van der Waals surface area contributed by atoms with Gasteiger partial charge in [0.2, 0.25) is 0 Å². The Morgan fingerprint density at radius 2 is 2.00 bits per heavy atom. The van der Waals surface area contributed by atoms with Crippen molar-refractivity contribution in [3.05, 3.63) is 0 Å². The molecule has 0 atom stereocenters. The normalized spacial score (nSPS) is 12.5. The summed E-state index contributed by atoms with van der Waals surface area (Å²) in [6.45, 7) is 4.66. The van der Waals surface area contributed by atoms with Crippen LogP contribution in [0.5, 0.6) is 0 Å². The summed E-state index contributed by atoms with van der Waals surface area (Å²) >= 11 is 0. The molecule has 0 heterocycles. The van der Waals surface area contributed by atoms with Crippen LogP contribution in [-0.4, -0.2) is 28.5 Å². The van der Waals surface area contributed by atoms with Gasteiger partial charge in [0.15, 0.2) is 0 Å². The summed E-state index contributed by atoms with van der Waals surface area (Å²) in [5.41, 5.74) is 0. The van der Waals surface area contributed by atoms with Gasteiger partial charge in [0, 0.05) is 6.04 Å². The maximum absolute atomic E-state index is 10.3. The number of rotatable bonds is 5. The Bertz CT molecular complexity index is 143. The molecule has 0 aromatic carbocycles. The molecule has 68 valence electrons. The van der Waals surface area contributed by atoms with E-state index in [4.69, 9.17) is 9.79 Å². The van der Waals surface area contributed by atoms with Crippen molar-refractivity contribution >= 4 is 7.60 Å². The molecule has 0 aromatic rings. The summed E-state index contributed by atoms with van der Waals surface area (Å²) in [7, 11) is -3.77. The maximum atomic E-state index is 10.3. The molecule has 0 radical (unpaired) electrons. The van der Waals surface area contributed by atoms with Gasteiger partial charge in [-0.1, -0.05) is 13.8 Å². The van der Waals surface area contributed by atoms with E-state index in [1.807, 2.05) is 13.8 Å². The molecular weight excluding hydrogens is 165 g/mol. The van der Waals surface area contributed by atoms with Crippen LogP contribution in [0.3, 0.4) is 0 Å². The minimum atomic E-state index is -3.77. The fourth-order valence-electron chi connectivity index (χ4n) is 0.676. The van der Waals surface area contributed by atoms with Crippen LogP contribution in [0.4, 0.5) is 0 Å². The monoisotopic (exact) mass is 181 g/mol. The molecule has 0 saturated heterocycles. The van der Waals surface area contributed by atoms with E-state index in [1.54, 1.807) is 0 Å². The first kappa shape index (κ1) is 11.1. The van der Waals surface area contributed by atoms with Crippen LogP contribution in [0.2, 0.25) is 0 Å². The second kappa shape index (κ2) is 4.88. The van der Waals surface area contributed by atoms with E-state index in [1.165, 1.54) is 0 Å². The van der Waals surface area contributed by atoms with E-state index >= 15 is 0 Å². The van der Waals surface area contributed by atoms with E-state index in [9.17, 15) is 4.57 Å². The zero-order valence-electron chi connectivity index (χ0n) is 6.95. The first-order valence-corrected chi connectivity index (χ1v) is 5.49. The lowest BCUT2D eigenvalue weighted by molar-refractivity contribution is 0.370. The van der Waals surface area contributed by atoms with Crippen LogP contribution in [0.25, 0.3) is 0 Å². The van der Waals surface area contributed by atoms with Crippen LogP contribution in [-0.2, 0) is 4.57 Å². The topological polar surface area (TPSA) is 69.6 Å². The van der Waals surface area contributed by atoms with Gasteiger partial charge in [-0.2, -0.15) is 0 Å². The molecule has 0 fully saturated rings. The second-order valence-electron chi connectivity index (χ2n) is 2.85. The van der Waals surface area contributed by atoms with Crippen molar-refractivity contribution < 1.29 is 14.4 Å². The third-order valence-corrected chi connectivity index (χ3v) is 2.08. The second-order valence-corrected chi connectivity index (χ2v) is 4.63. The van der Waals surface area contributed by atoms with Crippen molar-refractivity contribution in [2.24, 2.45) is 0 Å². The molecule has 0 bridgehead atoms. The Kier molecular flexibility index (Phi) is 4.93. The molecule has 0 spiro atoms. The van der Waals surface area contributed by atoms with Crippen LogP contribution in [0.1, 0.15) is 20.3 Å². The van der Waals surface area contributed by atoms with Gasteiger partial charge in [0.1, 0.15) is 0 Å². The molecule has 0 unspecified atom stereocenters. The van der Waals surface area contributed by atoms with Gasteiger partial charge in [-0.3, -0.25) is 4.57 Å². The lowest BCUT2D eigenvalue weighted by Crippen LogP contribution is -2.24. The van der Waals surface area contributed by atoms with E-state index in [-0.39, 0.29) is 6.16 Å². The Labute approximate surface area is 67.2 Å². The van der Waals surface area contributed by atoms with Crippen molar-refractivity contribution in [1.29, 1.82) is 0 Å². The third-order valence-electron chi connectivity index (χ3n) is 1.18. The Morgan fingerprint density at radius 1 is 1.45 bits per heavy atom. The van der Waals surface area contributed by atoms with Gasteiger partial charge >= 0.3 is 7.60 Å². The first-order chi connectivity index (χ1) is 4.92. The minimum Gasteiger partial charge on any atom is -0.324 e. The van der Waals surface area contributed by atoms with Crippen LogP contribution in [0.15, 0.2) is 0 Å². The molecule has 5 heteroatoms. The fourth-order valence-corrected chi connectivity index (χ4v) is 1.25. The van der Waals surface area contributed by atoms with Gasteiger partial charge in [0.25, 0.3) is 0 Å². The standard InChI is InChI=1S/C6H16NO3P/c1-6(2)7-4-3-5-11(8,9)10/h6-7H,3-5H2,1-2H3,(H2,8,9,10). The van der Waals surface area contributed by atoms with E-state index < -0.39 is 7.60 Å². The molecule has 0 rings (SSSR count). The molecule has 0 saturated carbocycles. The van der Waals surface area contributed by atoms with Gasteiger partial charge in [-0.05, 0) is 13.0 Å². The summed E-state index contributed by atoms with van der Waals surface area (Å²) in [5, 5.41) is 3.07. The lowest BCUT2D eigenvalue weighted by Gasteiger charge is -2.07. The molecule has 4 nitrogen and oxygen atoms in total. The van der Waals surface area contributed by atoms with Crippen molar-refractivity contribution in [2.45, 2.75) is 26.3 Å². The smallest absolute Gasteiger partial charge is 0.324 e. The average Bonchev–Trinajstić information content (AvgIpc) is 1.78. The molecular formula is C6H16NO3P. The Hall–Kier alpha value is 0.110. The molecule has 0 aliphatic rings. The molecule has 3 N–H and O–H groups in total. The zero-order chi connectivity index (χ0) is 8.91. The average molecular weight is 181 g/mol. The van der Waals surface area contributed by atoms with Crippen LogP contribution in [0, 0.1) is 0 Å². The summed E-state index contributed by atoms with van der Waals surface area (Å²) < 4.78 is 10.3. The van der Waals surface area contributed by atoms with E-state index in [0.29, 0.717) is 19.0 Å². The maximum Gasteiger partial charge on any atom is 0.325 e. The summed E-state index contributed by atoms with van der Waals surface area (Å²) in [6.07, 6.45) is 0.509. The molecule has 0 aliphatic carbocycles. The molecule has 0 aromatic heterocycles. The van der Waals surface area contributed by atoms with Crippen molar-refractivity contribution in [2.75, 3.05) is 12.7 Å². The van der Waals surface area contributed by atoms with Gasteiger partial charge in [-0.15, -0.1) is 0 Å². The van der Waals surface area contributed by atoms with Crippen molar-refractivity contribution in [3.63, 3.8) is 0 Å². The largest absolute Gasteiger partial charge is 0.325 e. The van der Waals surface area contributed by atoms with E-state index in [2.05, 4.69) is 5.32 Å². The van der Waals surface area contributed by atoms with Gasteiger partial charge in [0.05, 0.1) is 6.16 Å². The third kappa shape index (κ3) is 10.1. The highest BCUT2D eigenvalue weighted by Gasteiger charge is 2.10. The molecule has 0 aliphatic heterocycles. The minimum absolute atomic E-state index is 0.0211. The van der Waals surface area contributed by atoms with Crippen molar-refractivity contribution in [1.82, 2.24) is 5.32 Å². The van der Waals surface area contributed by atoms with Gasteiger partial charge in [-0.25, -0.2) is 0 Å². The highest BCUT2D eigenvalue weighted by Crippen LogP contribution is 2.34. The lowest BCUT2D eigenvalue weighted by atomic mass is 10.4. The molecule has 11 heavy (non-hydrogen) atoms. The number of hydrogen-bond donors (Lipinski definition) is 3. The van der Waals surface area contributed by atoms with Crippen LogP contribution < -0.4 is 5.32 Å². The number of nitrogens with one attached hydrogen (secondary N) is 1.